The van der Waals surface area contributed by atoms with E-state index >= 15 is 0 Å². The van der Waals surface area contributed by atoms with Crippen molar-refractivity contribution in [3.63, 3.8) is 0 Å². The molecule has 0 spiro atoms. The van der Waals surface area contributed by atoms with E-state index in [0.717, 1.165) is 55.4 Å². The number of likely N-dealkylation sites (tertiary alicyclic amines) is 1. The molecule has 1 fully saturated rings. The van der Waals surface area contributed by atoms with Crippen LogP contribution in [0.1, 0.15) is 58.4 Å². The Hall–Kier alpha value is -1.29. The summed E-state index contributed by atoms with van der Waals surface area (Å²) in [5, 5.41) is 3.89. The lowest BCUT2D eigenvalue weighted by Crippen LogP contribution is -2.40. The predicted octanol–water partition coefficient (Wildman–Crippen LogP) is 6.56. The van der Waals surface area contributed by atoms with Crippen molar-refractivity contribution in [2.24, 2.45) is 17.3 Å². The van der Waals surface area contributed by atoms with E-state index in [-0.39, 0.29) is 16.7 Å². The molecule has 0 saturated carbocycles. The van der Waals surface area contributed by atoms with Crippen LogP contribution in [0.2, 0.25) is 0 Å². The summed E-state index contributed by atoms with van der Waals surface area (Å²) >= 11 is 13.1. The fourth-order valence-electron chi connectivity index (χ4n) is 5.62. The zero-order chi connectivity index (χ0) is 23.8. The van der Waals surface area contributed by atoms with Crippen molar-refractivity contribution in [3.05, 3.63) is 58.7 Å². The molecule has 0 aromatic heterocycles. The molecule has 3 nitrogen and oxygen atoms in total. The van der Waals surface area contributed by atoms with Crippen LogP contribution in [0, 0.1) is 17.3 Å². The molecular weight excluding hydrogens is 451 g/mol. The lowest BCUT2D eigenvalue weighted by atomic mass is 9.66. The van der Waals surface area contributed by atoms with Gasteiger partial charge < -0.3 is 10.2 Å². The minimum Gasteiger partial charge on any atom is -0.351 e. The van der Waals surface area contributed by atoms with Crippen molar-refractivity contribution in [1.82, 2.24) is 10.2 Å². The summed E-state index contributed by atoms with van der Waals surface area (Å²) in [5.74, 6) is 1.12. The third-order valence-corrected chi connectivity index (χ3v) is 8.49. The zero-order valence-corrected chi connectivity index (χ0v) is 22.0. The number of nitrogens with zero attached hydrogens (tertiary/aromatic N) is 1. The van der Waals surface area contributed by atoms with Crippen LogP contribution in [0.5, 0.6) is 0 Å². The van der Waals surface area contributed by atoms with Gasteiger partial charge in [0, 0.05) is 29.1 Å². The van der Waals surface area contributed by atoms with Gasteiger partial charge in [0.15, 0.2) is 0 Å². The van der Waals surface area contributed by atoms with Crippen molar-refractivity contribution >= 4 is 29.1 Å². The molecular formula is C28H40Cl2N2O. The van der Waals surface area contributed by atoms with Gasteiger partial charge in [0.1, 0.15) is 0 Å². The van der Waals surface area contributed by atoms with Gasteiger partial charge in [-0.05, 0) is 69.5 Å². The third kappa shape index (κ3) is 6.87. The summed E-state index contributed by atoms with van der Waals surface area (Å²) in [6.45, 7) is 10.0. The topological polar surface area (TPSA) is 32.3 Å². The largest absolute Gasteiger partial charge is 0.351 e. The monoisotopic (exact) mass is 490 g/mol. The molecule has 3 rings (SSSR count). The van der Waals surface area contributed by atoms with E-state index in [1.54, 1.807) is 0 Å². The van der Waals surface area contributed by atoms with Crippen molar-refractivity contribution in [2.75, 3.05) is 26.2 Å². The third-order valence-electron chi connectivity index (χ3n) is 7.71. The second kappa shape index (κ2) is 12.4. The first-order valence-corrected chi connectivity index (χ1v) is 13.4. The summed E-state index contributed by atoms with van der Waals surface area (Å²) in [4.78, 5) is 15.3. The molecule has 5 heteroatoms. The summed E-state index contributed by atoms with van der Waals surface area (Å²) in [6, 6.07) is 10.8. The molecule has 3 atom stereocenters. The minimum absolute atomic E-state index is 0.00843. The summed E-state index contributed by atoms with van der Waals surface area (Å²) in [7, 11) is 0. The number of hydrogen-bond acceptors (Lipinski definition) is 2. The van der Waals surface area contributed by atoms with Crippen LogP contribution in [-0.2, 0) is 11.2 Å². The van der Waals surface area contributed by atoms with E-state index in [1.165, 1.54) is 24.8 Å². The molecule has 3 unspecified atom stereocenters. The number of hydrogen-bond donors (Lipinski definition) is 1. The average molecular weight is 492 g/mol. The van der Waals surface area contributed by atoms with E-state index in [4.69, 9.17) is 23.2 Å². The molecule has 182 valence electrons. The lowest BCUT2D eigenvalue weighted by molar-refractivity contribution is -0.117. The second-order valence-corrected chi connectivity index (χ2v) is 10.8. The SMILES string of the molecule is CCC1CC(Cl)C=C(Cl)C1(/C=C(\C)C(=O)NCCN1CCC(Cc2ccccc2)CC1)CC. The Bertz CT molecular complexity index is 830. The highest BCUT2D eigenvalue weighted by atomic mass is 35.5. The number of halogens is 2. The van der Waals surface area contributed by atoms with Crippen molar-refractivity contribution < 1.29 is 4.79 Å². The predicted molar refractivity (Wildman–Crippen MR) is 141 cm³/mol. The van der Waals surface area contributed by atoms with Gasteiger partial charge in [-0.3, -0.25) is 4.79 Å². The molecule has 1 aliphatic carbocycles. The van der Waals surface area contributed by atoms with Crippen LogP contribution in [0.25, 0.3) is 0 Å². The maximum Gasteiger partial charge on any atom is 0.246 e. The number of carbonyl (C=O) groups is 1. The van der Waals surface area contributed by atoms with Crippen LogP contribution in [0.15, 0.2) is 53.1 Å². The lowest BCUT2D eigenvalue weighted by Gasteiger charge is -2.42. The Kier molecular flexibility index (Phi) is 9.91. The highest BCUT2D eigenvalue weighted by molar-refractivity contribution is 6.32. The Morgan fingerprint density at radius 2 is 1.91 bits per heavy atom. The van der Waals surface area contributed by atoms with E-state index in [2.05, 4.69) is 60.5 Å². The molecule has 1 aliphatic heterocycles. The van der Waals surface area contributed by atoms with Gasteiger partial charge in [0.05, 0.1) is 5.38 Å². The first-order valence-electron chi connectivity index (χ1n) is 12.6. The highest BCUT2D eigenvalue weighted by Gasteiger charge is 2.41. The second-order valence-electron chi connectivity index (χ2n) is 9.82. The van der Waals surface area contributed by atoms with Gasteiger partial charge in [-0.15, -0.1) is 11.6 Å². The maximum absolute atomic E-state index is 12.9. The normalized spacial score (nSPS) is 27.3. The van der Waals surface area contributed by atoms with E-state index in [9.17, 15) is 4.79 Å². The Balaban J connectivity index is 1.47. The first-order chi connectivity index (χ1) is 15.9. The number of piperidine rings is 1. The number of alkyl halides is 1. The number of carbonyl (C=O) groups excluding carboxylic acids is 1. The molecule has 0 bridgehead atoms. The Labute approximate surface area is 210 Å². The van der Waals surface area contributed by atoms with Crippen LogP contribution in [0.3, 0.4) is 0 Å². The fourth-order valence-corrected chi connectivity index (χ4v) is 6.52. The molecule has 1 aromatic rings. The zero-order valence-electron chi connectivity index (χ0n) is 20.5. The van der Waals surface area contributed by atoms with Crippen LogP contribution in [-0.4, -0.2) is 42.4 Å². The van der Waals surface area contributed by atoms with Gasteiger partial charge in [0.2, 0.25) is 5.91 Å². The summed E-state index contributed by atoms with van der Waals surface area (Å²) in [5.41, 5.74) is 1.90. The number of nitrogens with one attached hydrogen (secondary N) is 1. The molecule has 0 radical (unpaired) electrons. The number of rotatable bonds is 9. The van der Waals surface area contributed by atoms with Crippen molar-refractivity contribution in [3.8, 4) is 0 Å². The number of benzene rings is 1. The van der Waals surface area contributed by atoms with Gasteiger partial charge in [0.25, 0.3) is 0 Å². The van der Waals surface area contributed by atoms with E-state index < -0.39 is 0 Å². The van der Waals surface area contributed by atoms with Crippen molar-refractivity contribution in [1.29, 1.82) is 0 Å². The fraction of sp³-hybridized carbons (Fsp3) is 0.607. The average Bonchev–Trinajstić information content (AvgIpc) is 2.82. The van der Waals surface area contributed by atoms with Crippen LogP contribution < -0.4 is 5.32 Å². The Morgan fingerprint density at radius 3 is 2.55 bits per heavy atom. The van der Waals surface area contributed by atoms with Crippen LogP contribution in [0.4, 0.5) is 0 Å². The van der Waals surface area contributed by atoms with E-state index in [1.807, 2.05) is 13.0 Å². The quantitative estimate of drug-likeness (QED) is 0.313. The minimum atomic E-state index is -0.288. The summed E-state index contributed by atoms with van der Waals surface area (Å²) < 4.78 is 0. The standard InChI is InChI=1S/C28H40Cl2N2O/c1-4-24-18-25(29)19-26(30)28(24,5-2)20-21(3)27(33)31-13-16-32-14-11-23(12-15-32)17-22-9-7-6-8-10-22/h6-10,19-20,23-25H,4-5,11-18H2,1-3H3,(H,31,33)/b21-20+. The van der Waals surface area contributed by atoms with Gasteiger partial charge in [-0.1, -0.05) is 74.4 Å². The van der Waals surface area contributed by atoms with Gasteiger partial charge in [-0.25, -0.2) is 0 Å². The Morgan fingerprint density at radius 1 is 1.21 bits per heavy atom. The number of amides is 1. The molecule has 1 amide bonds. The van der Waals surface area contributed by atoms with Crippen molar-refractivity contribution in [2.45, 2.75) is 64.7 Å². The van der Waals surface area contributed by atoms with Gasteiger partial charge in [-0.2, -0.15) is 0 Å². The number of allylic oxidation sites excluding steroid dienone is 3. The molecule has 1 saturated heterocycles. The maximum atomic E-state index is 12.9. The molecule has 33 heavy (non-hydrogen) atoms. The van der Waals surface area contributed by atoms with Crippen LogP contribution >= 0.6 is 23.2 Å². The molecule has 1 aromatic carbocycles. The van der Waals surface area contributed by atoms with E-state index in [0.29, 0.717) is 12.5 Å². The molecule has 2 aliphatic rings. The first kappa shape index (κ1) is 26.3. The van der Waals surface area contributed by atoms with Gasteiger partial charge >= 0.3 is 0 Å². The highest BCUT2D eigenvalue weighted by Crippen LogP contribution is 2.50. The smallest absolute Gasteiger partial charge is 0.246 e. The summed E-state index contributed by atoms with van der Waals surface area (Å²) in [6.07, 6.45) is 10.5. The molecule has 1 heterocycles. The molecule has 1 N–H and O–H groups in total.